The van der Waals surface area contributed by atoms with Gasteiger partial charge in [0, 0.05) is 0 Å². The van der Waals surface area contributed by atoms with Crippen LogP contribution in [-0.4, -0.2) is 16.8 Å². The Hall–Kier alpha value is -0.280. The van der Waals surface area contributed by atoms with Crippen molar-refractivity contribution in [2.75, 3.05) is 0 Å². The van der Waals surface area contributed by atoms with Crippen LogP contribution in [0.2, 0.25) is 10.0 Å². The molecule has 4 heteroatoms. The SMILES string of the molecule is C[C@H]1C2CC(C[C@@H]1O)C(C)(C)O[C@H]2c1ccc(Cl)c(Cl)c1. The summed E-state index contributed by atoms with van der Waals surface area (Å²) in [5.41, 5.74) is 0.830. The van der Waals surface area contributed by atoms with Crippen molar-refractivity contribution >= 4 is 23.2 Å². The van der Waals surface area contributed by atoms with Crippen LogP contribution in [0.4, 0.5) is 0 Å². The van der Waals surface area contributed by atoms with E-state index in [0.717, 1.165) is 18.4 Å². The summed E-state index contributed by atoms with van der Waals surface area (Å²) in [6.45, 7) is 6.37. The van der Waals surface area contributed by atoms with Gasteiger partial charge in [0.1, 0.15) is 0 Å². The number of fused-ring (bicyclic) bond motifs is 2. The summed E-state index contributed by atoms with van der Waals surface area (Å²) in [5.74, 6) is 0.966. The molecule has 1 saturated heterocycles. The topological polar surface area (TPSA) is 29.5 Å². The number of ether oxygens (including phenoxy) is 1. The summed E-state index contributed by atoms with van der Waals surface area (Å²) in [6.07, 6.45) is 1.65. The number of aliphatic hydroxyl groups is 1. The van der Waals surface area contributed by atoms with Crippen LogP contribution in [0.1, 0.15) is 45.3 Å². The van der Waals surface area contributed by atoms with Gasteiger partial charge in [-0.05, 0) is 62.1 Å². The summed E-state index contributed by atoms with van der Waals surface area (Å²) in [4.78, 5) is 0. The van der Waals surface area contributed by atoms with Gasteiger partial charge in [0.05, 0.1) is 27.9 Å². The van der Waals surface area contributed by atoms with Gasteiger partial charge in [-0.2, -0.15) is 0 Å². The number of hydrogen-bond donors (Lipinski definition) is 1. The number of aliphatic hydroxyl groups excluding tert-OH is 1. The molecule has 3 rings (SSSR count). The first-order valence-corrected chi connectivity index (χ1v) is 8.36. The molecule has 1 aliphatic heterocycles. The van der Waals surface area contributed by atoms with E-state index in [4.69, 9.17) is 27.9 Å². The largest absolute Gasteiger partial charge is 0.393 e. The average molecular weight is 329 g/mol. The summed E-state index contributed by atoms with van der Waals surface area (Å²) < 4.78 is 6.43. The lowest BCUT2D eigenvalue weighted by Gasteiger charge is -2.53. The van der Waals surface area contributed by atoms with Crippen LogP contribution in [0.3, 0.4) is 0 Å². The van der Waals surface area contributed by atoms with E-state index in [9.17, 15) is 5.11 Å². The Balaban J connectivity index is 1.98. The Morgan fingerprint density at radius 2 is 1.90 bits per heavy atom. The quantitative estimate of drug-likeness (QED) is 0.797. The van der Waals surface area contributed by atoms with Crippen LogP contribution in [0.15, 0.2) is 18.2 Å². The molecule has 1 aromatic carbocycles. The molecule has 1 aromatic rings. The van der Waals surface area contributed by atoms with Crippen molar-refractivity contribution in [1.29, 1.82) is 0 Å². The van der Waals surface area contributed by atoms with E-state index in [1.807, 2.05) is 18.2 Å². The van der Waals surface area contributed by atoms with Crippen molar-refractivity contribution in [3.05, 3.63) is 33.8 Å². The number of halogens is 2. The maximum atomic E-state index is 10.4. The molecule has 21 heavy (non-hydrogen) atoms. The first-order valence-electron chi connectivity index (χ1n) is 7.60. The van der Waals surface area contributed by atoms with Crippen molar-refractivity contribution in [3.8, 4) is 0 Å². The summed E-state index contributed by atoms with van der Waals surface area (Å²) in [6, 6.07) is 5.72. The van der Waals surface area contributed by atoms with Crippen LogP contribution in [0.5, 0.6) is 0 Å². The third-order valence-electron chi connectivity index (χ3n) is 5.44. The van der Waals surface area contributed by atoms with E-state index >= 15 is 0 Å². The minimum absolute atomic E-state index is 0.0315. The lowest BCUT2D eigenvalue weighted by atomic mass is 9.63. The Bertz CT molecular complexity index is 544. The predicted octanol–water partition coefficient (Wildman–Crippen LogP) is 4.87. The van der Waals surface area contributed by atoms with Gasteiger partial charge in [-0.3, -0.25) is 0 Å². The third-order valence-corrected chi connectivity index (χ3v) is 6.18. The monoisotopic (exact) mass is 328 g/mol. The second-order valence-corrected chi connectivity index (χ2v) is 7.89. The fourth-order valence-corrected chi connectivity index (χ4v) is 4.22. The molecule has 0 spiro atoms. The van der Waals surface area contributed by atoms with Gasteiger partial charge < -0.3 is 9.84 Å². The van der Waals surface area contributed by atoms with Crippen LogP contribution in [0, 0.1) is 17.8 Å². The Morgan fingerprint density at radius 3 is 2.57 bits per heavy atom. The molecule has 0 amide bonds. The minimum Gasteiger partial charge on any atom is -0.393 e. The van der Waals surface area contributed by atoms with E-state index < -0.39 is 0 Å². The molecule has 2 unspecified atom stereocenters. The fraction of sp³-hybridized carbons (Fsp3) is 0.647. The highest BCUT2D eigenvalue weighted by Crippen LogP contribution is 2.53. The number of hydrogen-bond acceptors (Lipinski definition) is 2. The standard InChI is InChI=1S/C17H22Cl2O2/c1-9-12-7-11(8-15(9)20)17(2,3)21-16(12)10-4-5-13(18)14(19)6-10/h4-6,9,11-12,15-16,20H,7-8H2,1-3H3/t9-,11?,12?,15-,16-/m0/s1. The van der Waals surface area contributed by atoms with Crippen LogP contribution < -0.4 is 0 Å². The minimum atomic E-state index is -0.248. The summed E-state index contributed by atoms with van der Waals surface area (Å²) >= 11 is 12.2. The molecule has 2 aliphatic rings. The first-order chi connectivity index (χ1) is 9.79. The van der Waals surface area contributed by atoms with Gasteiger partial charge in [0.2, 0.25) is 0 Å². The van der Waals surface area contributed by atoms with Gasteiger partial charge in [0.15, 0.2) is 0 Å². The lowest BCUT2D eigenvalue weighted by Crippen LogP contribution is -2.52. The van der Waals surface area contributed by atoms with E-state index in [0.29, 0.717) is 21.9 Å². The molecule has 1 saturated carbocycles. The lowest BCUT2D eigenvalue weighted by molar-refractivity contribution is -0.215. The van der Waals surface area contributed by atoms with E-state index in [-0.39, 0.29) is 23.7 Å². The second kappa shape index (κ2) is 5.42. The van der Waals surface area contributed by atoms with Gasteiger partial charge in [0.25, 0.3) is 0 Å². The molecular weight excluding hydrogens is 307 g/mol. The number of rotatable bonds is 1. The molecule has 116 valence electrons. The smallest absolute Gasteiger partial charge is 0.0864 e. The molecule has 0 aromatic heterocycles. The zero-order valence-electron chi connectivity index (χ0n) is 12.6. The zero-order chi connectivity index (χ0) is 15.4. The molecule has 2 bridgehead atoms. The Kier molecular flexibility index (Phi) is 4.03. The van der Waals surface area contributed by atoms with Crippen LogP contribution in [-0.2, 0) is 4.74 Å². The second-order valence-electron chi connectivity index (χ2n) is 7.07. The van der Waals surface area contributed by atoms with Crippen LogP contribution >= 0.6 is 23.2 Å². The third kappa shape index (κ3) is 2.72. The number of benzene rings is 1. The van der Waals surface area contributed by atoms with Gasteiger partial charge >= 0.3 is 0 Å². The predicted molar refractivity (Wildman–Crippen MR) is 85.8 cm³/mol. The van der Waals surface area contributed by atoms with Crippen molar-refractivity contribution in [3.63, 3.8) is 0 Å². The van der Waals surface area contributed by atoms with Crippen molar-refractivity contribution in [1.82, 2.24) is 0 Å². The molecule has 5 atom stereocenters. The fourth-order valence-electron chi connectivity index (χ4n) is 3.91. The highest BCUT2D eigenvalue weighted by atomic mass is 35.5. The van der Waals surface area contributed by atoms with Gasteiger partial charge in [-0.1, -0.05) is 36.2 Å². The molecule has 1 N–H and O–H groups in total. The van der Waals surface area contributed by atoms with Crippen LogP contribution in [0.25, 0.3) is 0 Å². The molecule has 1 heterocycles. The first kappa shape index (κ1) is 15.6. The molecule has 1 aliphatic carbocycles. The maximum absolute atomic E-state index is 10.4. The van der Waals surface area contributed by atoms with Crippen molar-refractivity contribution in [2.45, 2.75) is 51.4 Å². The van der Waals surface area contributed by atoms with Gasteiger partial charge in [-0.15, -0.1) is 0 Å². The normalized spacial score (nSPS) is 38.3. The highest BCUT2D eigenvalue weighted by molar-refractivity contribution is 6.42. The molecule has 0 radical (unpaired) electrons. The summed E-state index contributed by atoms with van der Waals surface area (Å²) in [5, 5.41) is 11.5. The van der Waals surface area contributed by atoms with Gasteiger partial charge in [-0.25, -0.2) is 0 Å². The Labute approximate surface area is 136 Å². The molecule has 2 fully saturated rings. The van der Waals surface area contributed by atoms with E-state index in [1.54, 1.807) is 0 Å². The highest BCUT2D eigenvalue weighted by Gasteiger charge is 2.50. The summed E-state index contributed by atoms with van der Waals surface area (Å²) in [7, 11) is 0. The Morgan fingerprint density at radius 1 is 1.19 bits per heavy atom. The average Bonchev–Trinajstić information content (AvgIpc) is 2.42. The van der Waals surface area contributed by atoms with E-state index in [1.165, 1.54) is 0 Å². The van der Waals surface area contributed by atoms with Crippen molar-refractivity contribution in [2.24, 2.45) is 17.8 Å². The maximum Gasteiger partial charge on any atom is 0.0864 e. The zero-order valence-corrected chi connectivity index (χ0v) is 14.2. The molecular formula is C17H22Cl2O2. The van der Waals surface area contributed by atoms with E-state index in [2.05, 4.69) is 20.8 Å². The molecule has 2 nitrogen and oxygen atoms in total. The van der Waals surface area contributed by atoms with Crippen molar-refractivity contribution < 1.29 is 9.84 Å².